The van der Waals surface area contributed by atoms with Crippen LogP contribution < -0.4 is 4.90 Å². The number of aromatic nitrogens is 1. The van der Waals surface area contributed by atoms with E-state index in [2.05, 4.69) is 20.9 Å². The molecule has 1 aliphatic heterocycles. The van der Waals surface area contributed by atoms with Crippen LogP contribution in [-0.4, -0.2) is 40.8 Å². The normalized spacial score (nSPS) is 20.3. The summed E-state index contributed by atoms with van der Waals surface area (Å²) in [6.45, 7) is 0.0118. The first-order chi connectivity index (χ1) is 8.71. The average Bonchev–Trinajstić information content (AvgIpc) is 2.53. The van der Waals surface area contributed by atoms with Crippen LogP contribution in [0.3, 0.4) is 0 Å². The van der Waals surface area contributed by atoms with Crippen molar-refractivity contribution in [1.29, 1.82) is 0 Å². The van der Waals surface area contributed by atoms with Crippen molar-refractivity contribution in [3.05, 3.63) is 22.3 Å². The summed E-state index contributed by atoms with van der Waals surface area (Å²) in [4.78, 5) is 17.5. The highest BCUT2D eigenvalue weighted by Crippen LogP contribution is 2.36. The molecule has 1 atom stereocenters. The van der Waals surface area contributed by atoms with Crippen molar-refractivity contribution in [3.63, 3.8) is 0 Å². The van der Waals surface area contributed by atoms with Crippen LogP contribution in [0.25, 0.3) is 0 Å². The summed E-state index contributed by atoms with van der Waals surface area (Å²) in [5.74, 6) is -0.239. The number of pyridine rings is 1. The van der Waals surface area contributed by atoms with Gasteiger partial charge in [-0.15, -0.1) is 0 Å². The molecule has 1 saturated heterocycles. The number of alkyl halides is 3. The molecule has 1 aliphatic rings. The summed E-state index contributed by atoms with van der Waals surface area (Å²) in [5.41, 5.74) is -0.952. The largest absolute Gasteiger partial charge is 0.417 e. The molecule has 1 aromatic rings. The van der Waals surface area contributed by atoms with Gasteiger partial charge >= 0.3 is 12.2 Å². The van der Waals surface area contributed by atoms with Gasteiger partial charge in [0.2, 0.25) is 0 Å². The minimum absolute atomic E-state index is 0.0118. The molecule has 0 aromatic carbocycles. The Morgan fingerprint density at radius 3 is 2.63 bits per heavy atom. The van der Waals surface area contributed by atoms with E-state index in [4.69, 9.17) is 0 Å². The van der Waals surface area contributed by atoms with E-state index in [1.807, 2.05) is 0 Å². The highest BCUT2D eigenvalue weighted by atomic mass is 79.9. The van der Waals surface area contributed by atoms with Gasteiger partial charge in [-0.05, 0) is 22.0 Å². The SMILES string of the molecule is CN1CC(O)N(c2cc(C(F)(F)F)c(Br)cn2)C1=O. The predicted octanol–water partition coefficient (Wildman–Crippen LogP) is 2.05. The molecule has 1 aromatic heterocycles. The number of hydrogen-bond donors (Lipinski definition) is 1. The monoisotopic (exact) mass is 339 g/mol. The lowest BCUT2D eigenvalue weighted by molar-refractivity contribution is -0.138. The van der Waals surface area contributed by atoms with Crippen molar-refractivity contribution in [2.75, 3.05) is 18.5 Å². The summed E-state index contributed by atoms with van der Waals surface area (Å²) in [6.07, 6.45) is -4.83. The summed E-state index contributed by atoms with van der Waals surface area (Å²) in [7, 11) is 1.44. The lowest BCUT2D eigenvalue weighted by Crippen LogP contribution is -2.35. The molecule has 2 rings (SSSR count). The molecule has 0 saturated carbocycles. The fourth-order valence-electron chi connectivity index (χ4n) is 1.74. The molecule has 0 spiro atoms. The highest BCUT2D eigenvalue weighted by Gasteiger charge is 2.39. The van der Waals surface area contributed by atoms with Gasteiger partial charge in [0, 0.05) is 17.7 Å². The quantitative estimate of drug-likeness (QED) is 0.851. The zero-order valence-corrected chi connectivity index (χ0v) is 11.2. The minimum atomic E-state index is -4.57. The number of hydrogen-bond acceptors (Lipinski definition) is 3. The topological polar surface area (TPSA) is 56.7 Å². The summed E-state index contributed by atoms with van der Waals surface area (Å²) in [5, 5.41) is 9.68. The predicted molar refractivity (Wildman–Crippen MR) is 63.5 cm³/mol. The Hall–Kier alpha value is -1.35. The van der Waals surface area contributed by atoms with Gasteiger partial charge in [0.05, 0.1) is 12.1 Å². The standard InChI is InChI=1S/C10H9BrF3N3O2/c1-16-4-8(18)17(9(16)19)7-2-5(10(12,13)14)6(11)3-15-7/h2-3,8,18H,4H2,1H3. The molecule has 0 bridgehead atoms. The number of rotatable bonds is 1. The first kappa shape index (κ1) is 14.1. The second-order valence-electron chi connectivity index (χ2n) is 4.03. The molecule has 5 nitrogen and oxygen atoms in total. The van der Waals surface area contributed by atoms with Crippen LogP contribution >= 0.6 is 15.9 Å². The number of carbonyl (C=O) groups is 1. The van der Waals surface area contributed by atoms with Crippen molar-refractivity contribution in [2.45, 2.75) is 12.4 Å². The van der Waals surface area contributed by atoms with Crippen LogP contribution in [0.15, 0.2) is 16.7 Å². The van der Waals surface area contributed by atoms with Crippen LogP contribution in [-0.2, 0) is 6.18 Å². The van der Waals surface area contributed by atoms with E-state index in [1.165, 1.54) is 11.9 Å². The van der Waals surface area contributed by atoms with Gasteiger partial charge in [-0.25, -0.2) is 14.7 Å². The van der Waals surface area contributed by atoms with Gasteiger partial charge in [-0.2, -0.15) is 13.2 Å². The van der Waals surface area contributed by atoms with E-state index < -0.39 is 24.0 Å². The smallest absolute Gasteiger partial charge is 0.371 e. The van der Waals surface area contributed by atoms with Crippen LogP contribution in [0.2, 0.25) is 0 Å². The molecule has 1 unspecified atom stereocenters. The van der Waals surface area contributed by atoms with Gasteiger partial charge in [-0.3, -0.25) is 0 Å². The van der Waals surface area contributed by atoms with Gasteiger partial charge in [0.1, 0.15) is 5.82 Å². The Bertz CT molecular complexity index is 523. The number of urea groups is 1. The van der Waals surface area contributed by atoms with Crippen LogP contribution in [0.5, 0.6) is 0 Å². The third kappa shape index (κ3) is 2.52. The Balaban J connectivity index is 2.45. The van der Waals surface area contributed by atoms with Crippen molar-refractivity contribution in [3.8, 4) is 0 Å². The number of likely N-dealkylation sites (N-methyl/N-ethyl adjacent to an activating group) is 1. The van der Waals surface area contributed by atoms with E-state index in [9.17, 15) is 23.1 Å². The van der Waals surface area contributed by atoms with Gasteiger partial charge in [0.15, 0.2) is 6.23 Å². The second-order valence-corrected chi connectivity index (χ2v) is 4.89. The van der Waals surface area contributed by atoms with Crippen molar-refractivity contribution < 1.29 is 23.1 Å². The van der Waals surface area contributed by atoms with Crippen molar-refractivity contribution in [1.82, 2.24) is 9.88 Å². The maximum Gasteiger partial charge on any atom is 0.417 e. The fourth-order valence-corrected chi connectivity index (χ4v) is 2.19. The Morgan fingerprint density at radius 2 is 2.16 bits per heavy atom. The zero-order valence-electron chi connectivity index (χ0n) is 9.65. The Morgan fingerprint density at radius 1 is 1.53 bits per heavy atom. The van der Waals surface area contributed by atoms with E-state index in [-0.39, 0.29) is 16.8 Å². The molecule has 9 heteroatoms. The number of nitrogens with zero attached hydrogens (tertiary/aromatic N) is 3. The summed E-state index contributed by atoms with van der Waals surface area (Å²) < 4.78 is 38.0. The Kier molecular flexibility index (Phi) is 3.43. The fraction of sp³-hybridized carbons (Fsp3) is 0.400. The molecule has 19 heavy (non-hydrogen) atoms. The lowest BCUT2D eigenvalue weighted by Gasteiger charge is -2.19. The van der Waals surface area contributed by atoms with Gasteiger partial charge in [0.25, 0.3) is 0 Å². The summed E-state index contributed by atoms with van der Waals surface area (Å²) in [6, 6.07) is 0.125. The summed E-state index contributed by atoms with van der Waals surface area (Å²) >= 11 is 2.76. The first-order valence-corrected chi connectivity index (χ1v) is 5.96. The molecular formula is C10H9BrF3N3O2. The minimum Gasteiger partial charge on any atom is -0.371 e. The number of amides is 2. The number of β-amino-alcohol motifs (C(OH)–C–C–N with tert-alkyl or cyclic N) is 1. The molecular weight excluding hydrogens is 331 g/mol. The second kappa shape index (κ2) is 4.64. The third-order valence-electron chi connectivity index (χ3n) is 2.66. The van der Waals surface area contributed by atoms with E-state index in [0.29, 0.717) is 0 Å². The van der Waals surface area contributed by atoms with Crippen molar-refractivity contribution >= 4 is 27.8 Å². The van der Waals surface area contributed by atoms with Crippen molar-refractivity contribution in [2.24, 2.45) is 0 Å². The third-order valence-corrected chi connectivity index (χ3v) is 3.29. The number of anilines is 1. The number of halogens is 4. The van der Waals surface area contributed by atoms with E-state index >= 15 is 0 Å². The zero-order chi connectivity index (χ0) is 14.4. The number of aliphatic hydroxyl groups is 1. The average molecular weight is 340 g/mol. The molecule has 104 valence electrons. The van der Waals surface area contributed by atoms with Gasteiger partial charge < -0.3 is 10.0 Å². The van der Waals surface area contributed by atoms with Crippen LogP contribution in [0.1, 0.15) is 5.56 Å². The van der Waals surface area contributed by atoms with Crippen LogP contribution in [0, 0.1) is 0 Å². The molecule has 1 fully saturated rings. The maximum atomic E-state index is 12.8. The first-order valence-electron chi connectivity index (χ1n) is 5.17. The maximum absolute atomic E-state index is 12.8. The number of aliphatic hydroxyl groups excluding tert-OH is 1. The van der Waals surface area contributed by atoms with E-state index in [1.54, 1.807) is 0 Å². The lowest BCUT2D eigenvalue weighted by atomic mass is 10.2. The molecule has 2 heterocycles. The Labute approximate surface area is 114 Å². The molecule has 2 amide bonds. The highest BCUT2D eigenvalue weighted by molar-refractivity contribution is 9.10. The molecule has 0 radical (unpaired) electrons. The molecule has 0 aliphatic carbocycles. The molecule has 1 N–H and O–H groups in total. The number of carbonyl (C=O) groups excluding carboxylic acids is 1. The van der Waals surface area contributed by atoms with Crippen LogP contribution in [0.4, 0.5) is 23.8 Å². The van der Waals surface area contributed by atoms with E-state index in [0.717, 1.165) is 17.2 Å². The van der Waals surface area contributed by atoms with Gasteiger partial charge in [-0.1, -0.05) is 0 Å².